The van der Waals surface area contributed by atoms with Crippen molar-refractivity contribution in [1.82, 2.24) is 0 Å². The Morgan fingerprint density at radius 2 is 1.88 bits per heavy atom. The SMILES string of the molecule is Oc1ccc(C2C(Br)=CC3CCCC32)cc1. The highest BCUT2D eigenvalue weighted by Crippen LogP contribution is 2.53. The number of phenols is 1. The largest absolute Gasteiger partial charge is 0.508 e. The van der Waals surface area contributed by atoms with E-state index < -0.39 is 0 Å². The van der Waals surface area contributed by atoms with Gasteiger partial charge in [-0.25, -0.2) is 0 Å². The van der Waals surface area contributed by atoms with Crippen LogP contribution >= 0.6 is 15.9 Å². The lowest BCUT2D eigenvalue weighted by molar-refractivity contribution is 0.446. The number of hydrogen-bond donors (Lipinski definition) is 1. The summed E-state index contributed by atoms with van der Waals surface area (Å²) in [6.45, 7) is 0. The maximum absolute atomic E-state index is 9.33. The fourth-order valence-corrected chi connectivity index (χ4v) is 4.18. The molecule has 3 rings (SSSR count). The molecule has 0 bridgehead atoms. The summed E-state index contributed by atoms with van der Waals surface area (Å²) in [6, 6.07) is 7.68. The predicted molar refractivity (Wildman–Crippen MR) is 68.7 cm³/mol. The number of halogens is 1. The highest BCUT2D eigenvalue weighted by Gasteiger charge is 2.39. The third kappa shape index (κ3) is 1.60. The van der Waals surface area contributed by atoms with Crippen LogP contribution in [0.2, 0.25) is 0 Å². The molecule has 16 heavy (non-hydrogen) atoms. The molecule has 3 atom stereocenters. The van der Waals surface area contributed by atoms with E-state index in [2.05, 4.69) is 34.1 Å². The van der Waals surface area contributed by atoms with Crippen LogP contribution in [0.1, 0.15) is 30.7 Å². The summed E-state index contributed by atoms with van der Waals surface area (Å²) in [6.07, 6.45) is 6.44. The Morgan fingerprint density at radius 1 is 1.12 bits per heavy atom. The zero-order valence-corrected chi connectivity index (χ0v) is 10.7. The van der Waals surface area contributed by atoms with Gasteiger partial charge in [-0.2, -0.15) is 0 Å². The minimum Gasteiger partial charge on any atom is -0.508 e. The van der Waals surface area contributed by atoms with Crippen LogP contribution < -0.4 is 0 Å². The van der Waals surface area contributed by atoms with Crippen molar-refractivity contribution in [3.05, 3.63) is 40.4 Å². The highest BCUT2D eigenvalue weighted by molar-refractivity contribution is 9.11. The summed E-state index contributed by atoms with van der Waals surface area (Å²) >= 11 is 3.71. The lowest BCUT2D eigenvalue weighted by Crippen LogP contribution is -2.09. The molecule has 3 unspecified atom stereocenters. The van der Waals surface area contributed by atoms with Gasteiger partial charge in [0.2, 0.25) is 0 Å². The van der Waals surface area contributed by atoms with Crippen molar-refractivity contribution in [2.45, 2.75) is 25.2 Å². The van der Waals surface area contributed by atoms with Crippen LogP contribution in [0.5, 0.6) is 5.75 Å². The molecule has 0 radical (unpaired) electrons. The molecule has 1 aromatic carbocycles. The van der Waals surface area contributed by atoms with Crippen molar-refractivity contribution < 1.29 is 5.11 Å². The van der Waals surface area contributed by atoms with Crippen LogP contribution in [0, 0.1) is 11.8 Å². The van der Waals surface area contributed by atoms with Crippen LogP contribution in [-0.2, 0) is 0 Å². The van der Waals surface area contributed by atoms with Crippen LogP contribution in [0.4, 0.5) is 0 Å². The molecule has 1 N–H and O–H groups in total. The minimum absolute atomic E-state index is 0.352. The molecule has 0 amide bonds. The Hall–Kier alpha value is -0.760. The Kier molecular flexibility index (Phi) is 2.55. The Bertz CT molecular complexity index is 421. The molecule has 0 heterocycles. The van der Waals surface area contributed by atoms with Gasteiger partial charge in [-0.1, -0.05) is 40.6 Å². The first-order chi connectivity index (χ1) is 7.75. The average molecular weight is 279 g/mol. The van der Waals surface area contributed by atoms with Crippen molar-refractivity contribution in [2.24, 2.45) is 11.8 Å². The van der Waals surface area contributed by atoms with Gasteiger partial charge in [-0.05, 0) is 46.9 Å². The molecule has 2 aliphatic rings. The van der Waals surface area contributed by atoms with Gasteiger partial charge in [0, 0.05) is 5.92 Å². The molecular weight excluding hydrogens is 264 g/mol. The summed E-state index contributed by atoms with van der Waals surface area (Å²) in [5, 5.41) is 9.33. The van der Waals surface area contributed by atoms with Crippen molar-refractivity contribution in [1.29, 1.82) is 0 Å². The smallest absolute Gasteiger partial charge is 0.115 e. The van der Waals surface area contributed by atoms with Crippen LogP contribution in [0.25, 0.3) is 0 Å². The number of rotatable bonds is 1. The molecule has 84 valence electrons. The van der Waals surface area contributed by atoms with Crippen LogP contribution in [-0.4, -0.2) is 5.11 Å². The van der Waals surface area contributed by atoms with Gasteiger partial charge in [0.05, 0.1) is 0 Å². The molecular formula is C14H15BrO. The van der Waals surface area contributed by atoms with E-state index in [4.69, 9.17) is 0 Å². The van der Waals surface area contributed by atoms with Crippen LogP contribution in [0.15, 0.2) is 34.8 Å². The van der Waals surface area contributed by atoms with Crippen molar-refractivity contribution >= 4 is 15.9 Å². The summed E-state index contributed by atoms with van der Waals surface area (Å²) in [7, 11) is 0. The fraction of sp³-hybridized carbons (Fsp3) is 0.429. The lowest BCUT2D eigenvalue weighted by atomic mass is 9.85. The van der Waals surface area contributed by atoms with Crippen molar-refractivity contribution in [3.8, 4) is 5.75 Å². The molecule has 2 aliphatic carbocycles. The van der Waals surface area contributed by atoms with Gasteiger partial charge >= 0.3 is 0 Å². The second-order valence-electron chi connectivity index (χ2n) is 4.88. The third-order valence-electron chi connectivity index (χ3n) is 3.98. The standard InChI is InChI=1S/C14H15BrO/c15-13-8-10-2-1-3-12(10)14(13)9-4-6-11(16)7-5-9/h4-8,10,12,14,16H,1-3H2. The van der Waals surface area contributed by atoms with Gasteiger partial charge in [0.25, 0.3) is 0 Å². The number of hydrogen-bond acceptors (Lipinski definition) is 1. The predicted octanol–water partition coefficient (Wildman–Crippen LogP) is 4.18. The lowest BCUT2D eigenvalue weighted by Gasteiger charge is -2.20. The Labute approximate surface area is 104 Å². The molecule has 0 spiro atoms. The first-order valence-corrected chi connectivity index (χ1v) is 6.71. The average Bonchev–Trinajstić information content (AvgIpc) is 2.79. The van der Waals surface area contributed by atoms with E-state index in [-0.39, 0.29) is 0 Å². The molecule has 2 heteroatoms. The molecule has 0 aliphatic heterocycles. The third-order valence-corrected chi connectivity index (χ3v) is 4.73. The first kappa shape index (κ1) is 10.4. The van der Waals surface area contributed by atoms with E-state index >= 15 is 0 Å². The van der Waals surface area contributed by atoms with E-state index in [1.165, 1.54) is 29.3 Å². The van der Waals surface area contributed by atoms with Gasteiger partial charge in [-0.3, -0.25) is 0 Å². The zero-order chi connectivity index (χ0) is 11.1. The fourth-order valence-electron chi connectivity index (χ4n) is 3.24. The first-order valence-electron chi connectivity index (χ1n) is 5.92. The molecule has 1 nitrogen and oxygen atoms in total. The number of aromatic hydroxyl groups is 1. The van der Waals surface area contributed by atoms with E-state index in [0.717, 1.165) is 11.8 Å². The molecule has 1 fully saturated rings. The number of fused-ring (bicyclic) bond motifs is 1. The second kappa shape index (κ2) is 3.92. The van der Waals surface area contributed by atoms with E-state index in [1.54, 1.807) is 12.1 Å². The van der Waals surface area contributed by atoms with Gasteiger partial charge in [0.1, 0.15) is 5.75 Å². The molecule has 0 aromatic heterocycles. The van der Waals surface area contributed by atoms with Crippen molar-refractivity contribution in [3.63, 3.8) is 0 Å². The summed E-state index contributed by atoms with van der Waals surface area (Å²) in [5.74, 6) is 2.42. The molecule has 1 aromatic rings. The highest BCUT2D eigenvalue weighted by atomic mass is 79.9. The quantitative estimate of drug-likeness (QED) is 0.817. The number of phenolic OH excluding ortho intramolecular Hbond substituents is 1. The Morgan fingerprint density at radius 3 is 2.62 bits per heavy atom. The minimum atomic E-state index is 0.352. The summed E-state index contributed by atoms with van der Waals surface area (Å²) < 4.78 is 1.34. The maximum atomic E-state index is 9.33. The zero-order valence-electron chi connectivity index (χ0n) is 9.07. The van der Waals surface area contributed by atoms with E-state index in [9.17, 15) is 5.11 Å². The van der Waals surface area contributed by atoms with E-state index in [1.807, 2.05) is 0 Å². The van der Waals surface area contributed by atoms with Gasteiger partial charge in [-0.15, -0.1) is 0 Å². The normalized spacial score (nSPS) is 32.6. The number of benzene rings is 1. The summed E-state index contributed by atoms with van der Waals surface area (Å²) in [4.78, 5) is 0. The second-order valence-corrected chi connectivity index (χ2v) is 5.80. The molecule has 1 saturated carbocycles. The Balaban J connectivity index is 1.94. The van der Waals surface area contributed by atoms with Crippen molar-refractivity contribution in [2.75, 3.05) is 0 Å². The van der Waals surface area contributed by atoms with Crippen LogP contribution in [0.3, 0.4) is 0 Å². The topological polar surface area (TPSA) is 20.2 Å². The van der Waals surface area contributed by atoms with Gasteiger partial charge in [0.15, 0.2) is 0 Å². The monoisotopic (exact) mass is 278 g/mol. The summed E-state index contributed by atoms with van der Waals surface area (Å²) in [5.41, 5.74) is 1.33. The molecule has 0 saturated heterocycles. The maximum Gasteiger partial charge on any atom is 0.115 e. The number of allylic oxidation sites excluding steroid dienone is 2. The van der Waals surface area contributed by atoms with Gasteiger partial charge < -0.3 is 5.11 Å². The van der Waals surface area contributed by atoms with E-state index in [0.29, 0.717) is 11.7 Å².